The van der Waals surface area contributed by atoms with Gasteiger partial charge in [0.05, 0.1) is 6.10 Å². The highest BCUT2D eigenvalue weighted by Crippen LogP contribution is 2.22. The Hall–Kier alpha value is 0.210. The van der Waals surface area contributed by atoms with Crippen molar-refractivity contribution in [1.29, 1.82) is 0 Å². The highest BCUT2D eigenvalue weighted by molar-refractivity contribution is 5.85. The molecule has 3 heteroatoms. The molecule has 1 saturated carbocycles. The van der Waals surface area contributed by atoms with Crippen molar-refractivity contribution in [3.05, 3.63) is 0 Å². The summed E-state index contributed by atoms with van der Waals surface area (Å²) in [5, 5.41) is 9.27. The normalized spacial score (nSPS) is 40.5. The molecule has 0 aromatic rings. The fourth-order valence-electron chi connectivity index (χ4n) is 1.33. The summed E-state index contributed by atoms with van der Waals surface area (Å²) in [6, 6.07) is 0.246. The molecule has 0 radical (unpaired) electrons. The van der Waals surface area contributed by atoms with E-state index in [0.29, 0.717) is 5.92 Å². The van der Waals surface area contributed by atoms with Crippen LogP contribution in [0.25, 0.3) is 0 Å². The largest absolute Gasteiger partial charge is 0.393 e. The van der Waals surface area contributed by atoms with E-state index < -0.39 is 0 Å². The van der Waals surface area contributed by atoms with Gasteiger partial charge in [0.25, 0.3) is 0 Å². The lowest BCUT2D eigenvalue weighted by atomic mass is 9.85. The molecule has 1 rings (SSSR count). The molecule has 0 heterocycles. The SMILES string of the molecule is CC1CCC(N)CC1O.Cl. The molecule has 3 unspecified atom stereocenters. The molecule has 0 saturated heterocycles. The first-order chi connectivity index (χ1) is 4.20. The Kier molecular flexibility index (Phi) is 4.25. The molecule has 1 fully saturated rings. The Bertz CT molecular complexity index is 99.6. The predicted octanol–water partition coefficient (Wildman–Crippen LogP) is 0.916. The molecule has 0 aromatic heterocycles. The van der Waals surface area contributed by atoms with E-state index in [4.69, 9.17) is 5.73 Å². The lowest BCUT2D eigenvalue weighted by Crippen LogP contribution is -2.35. The van der Waals surface area contributed by atoms with Gasteiger partial charge in [0.15, 0.2) is 0 Å². The van der Waals surface area contributed by atoms with Gasteiger partial charge in [-0.05, 0) is 25.2 Å². The molecule has 10 heavy (non-hydrogen) atoms. The molecule has 0 aliphatic heterocycles. The number of aliphatic hydroxyl groups is 1. The van der Waals surface area contributed by atoms with Crippen molar-refractivity contribution in [2.45, 2.75) is 38.3 Å². The fraction of sp³-hybridized carbons (Fsp3) is 1.00. The quantitative estimate of drug-likeness (QED) is 0.561. The first-order valence-electron chi connectivity index (χ1n) is 3.64. The van der Waals surface area contributed by atoms with E-state index >= 15 is 0 Å². The van der Waals surface area contributed by atoms with Crippen LogP contribution in [0.5, 0.6) is 0 Å². The molecule has 62 valence electrons. The predicted molar refractivity (Wildman–Crippen MR) is 44.2 cm³/mol. The minimum absolute atomic E-state index is 0. The molecule has 1 aliphatic rings. The van der Waals surface area contributed by atoms with Crippen LogP contribution in [-0.4, -0.2) is 17.3 Å². The summed E-state index contributed by atoms with van der Waals surface area (Å²) >= 11 is 0. The molecule has 2 nitrogen and oxygen atoms in total. The minimum Gasteiger partial charge on any atom is -0.393 e. The maximum absolute atomic E-state index is 9.27. The lowest BCUT2D eigenvalue weighted by Gasteiger charge is -2.28. The van der Waals surface area contributed by atoms with Gasteiger partial charge in [-0.2, -0.15) is 0 Å². The number of halogens is 1. The summed E-state index contributed by atoms with van der Waals surface area (Å²) in [5.74, 6) is 0.463. The third-order valence-electron chi connectivity index (χ3n) is 2.19. The smallest absolute Gasteiger partial charge is 0.0580 e. The molecule has 3 atom stereocenters. The van der Waals surface area contributed by atoms with E-state index in [1.807, 2.05) is 0 Å². The Labute approximate surface area is 68.2 Å². The van der Waals surface area contributed by atoms with E-state index in [1.165, 1.54) is 0 Å². The molecule has 0 amide bonds. The topological polar surface area (TPSA) is 46.2 Å². The third kappa shape index (κ3) is 2.45. The van der Waals surface area contributed by atoms with Gasteiger partial charge in [-0.15, -0.1) is 12.4 Å². The zero-order valence-corrected chi connectivity index (χ0v) is 7.10. The highest BCUT2D eigenvalue weighted by Gasteiger charge is 2.22. The fourth-order valence-corrected chi connectivity index (χ4v) is 1.33. The molecular weight excluding hydrogens is 150 g/mol. The standard InChI is InChI=1S/C7H15NO.ClH/c1-5-2-3-6(8)4-7(5)9;/h5-7,9H,2-4,8H2,1H3;1H. The van der Waals surface area contributed by atoms with Gasteiger partial charge in [0, 0.05) is 6.04 Å². The summed E-state index contributed by atoms with van der Waals surface area (Å²) in [5.41, 5.74) is 5.63. The van der Waals surface area contributed by atoms with Crippen LogP contribution in [0.1, 0.15) is 26.2 Å². The number of hydrogen-bond acceptors (Lipinski definition) is 2. The first kappa shape index (κ1) is 10.2. The number of nitrogens with two attached hydrogens (primary N) is 1. The van der Waals surface area contributed by atoms with Gasteiger partial charge in [-0.1, -0.05) is 6.92 Å². The van der Waals surface area contributed by atoms with Gasteiger partial charge in [-0.25, -0.2) is 0 Å². The molecule has 0 aromatic carbocycles. The van der Waals surface area contributed by atoms with E-state index in [1.54, 1.807) is 0 Å². The van der Waals surface area contributed by atoms with Gasteiger partial charge in [-0.3, -0.25) is 0 Å². The average molecular weight is 166 g/mol. The Morgan fingerprint density at radius 1 is 1.40 bits per heavy atom. The van der Waals surface area contributed by atoms with E-state index in [2.05, 4.69) is 6.92 Å². The zero-order chi connectivity index (χ0) is 6.85. The number of hydrogen-bond donors (Lipinski definition) is 2. The summed E-state index contributed by atoms with van der Waals surface area (Å²) in [4.78, 5) is 0. The van der Waals surface area contributed by atoms with Gasteiger partial charge in [0.2, 0.25) is 0 Å². The highest BCUT2D eigenvalue weighted by atomic mass is 35.5. The molecule has 1 aliphatic carbocycles. The van der Waals surface area contributed by atoms with E-state index in [0.717, 1.165) is 19.3 Å². The van der Waals surface area contributed by atoms with Crippen LogP contribution in [0.4, 0.5) is 0 Å². The van der Waals surface area contributed by atoms with E-state index in [9.17, 15) is 5.11 Å². The summed E-state index contributed by atoms with van der Waals surface area (Å²) in [7, 11) is 0. The lowest BCUT2D eigenvalue weighted by molar-refractivity contribution is 0.0708. The maximum Gasteiger partial charge on any atom is 0.0580 e. The summed E-state index contributed by atoms with van der Waals surface area (Å²) in [6.07, 6.45) is 2.82. The Morgan fingerprint density at radius 3 is 2.40 bits per heavy atom. The third-order valence-corrected chi connectivity index (χ3v) is 2.19. The van der Waals surface area contributed by atoms with Crippen LogP contribution in [0, 0.1) is 5.92 Å². The van der Waals surface area contributed by atoms with Crippen LogP contribution >= 0.6 is 12.4 Å². The van der Waals surface area contributed by atoms with Crippen molar-refractivity contribution < 1.29 is 5.11 Å². The second kappa shape index (κ2) is 4.16. The first-order valence-corrected chi connectivity index (χ1v) is 3.64. The van der Waals surface area contributed by atoms with Gasteiger partial charge in [0.1, 0.15) is 0 Å². The Morgan fingerprint density at radius 2 is 2.00 bits per heavy atom. The van der Waals surface area contributed by atoms with E-state index in [-0.39, 0.29) is 24.6 Å². The Balaban J connectivity index is 0.000000810. The van der Waals surface area contributed by atoms with Crippen LogP contribution in [0.3, 0.4) is 0 Å². The minimum atomic E-state index is -0.145. The second-order valence-electron chi connectivity index (χ2n) is 3.12. The maximum atomic E-state index is 9.27. The van der Waals surface area contributed by atoms with Crippen LogP contribution < -0.4 is 5.73 Å². The average Bonchev–Trinajstić information content (AvgIpc) is 1.80. The summed E-state index contributed by atoms with van der Waals surface area (Å²) in [6.45, 7) is 2.08. The number of rotatable bonds is 0. The molecule has 0 bridgehead atoms. The monoisotopic (exact) mass is 165 g/mol. The van der Waals surface area contributed by atoms with Crippen molar-refractivity contribution in [1.82, 2.24) is 0 Å². The van der Waals surface area contributed by atoms with Crippen molar-refractivity contribution >= 4 is 12.4 Å². The number of aliphatic hydroxyl groups excluding tert-OH is 1. The summed E-state index contributed by atoms with van der Waals surface area (Å²) < 4.78 is 0. The van der Waals surface area contributed by atoms with Gasteiger partial charge >= 0.3 is 0 Å². The van der Waals surface area contributed by atoms with Gasteiger partial charge < -0.3 is 10.8 Å². The van der Waals surface area contributed by atoms with Crippen LogP contribution in [0.2, 0.25) is 0 Å². The van der Waals surface area contributed by atoms with Crippen molar-refractivity contribution in [2.24, 2.45) is 11.7 Å². The molecular formula is C7H16ClNO. The molecule has 0 spiro atoms. The zero-order valence-electron chi connectivity index (χ0n) is 6.29. The van der Waals surface area contributed by atoms with Crippen molar-refractivity contribution in [2.75, 3.05) is 0 Å². The van der Waals surface area contributed by atoms with Crippen molar-refractivity contribution in [3.63, 3.8) is 0 Å². The van der Waals surface area contributed by atoms with Crippen LogP contribution in [0.15, 0.2) is 0 Å². The second-order valence-corrected chi connectivity index (χ2v) is 3.12. The molecule has 3 N–H and O–H groups in total. The van der Waals surface area contributed by atoms with Crippen LogP contribution in [-0.2, 0) is 0 Å². The van der Waals surface area contributed by atoms with Crippen molar-refractivity contribution in [3.8, 4) is 0 Å².